The van der Waals surface area contributed by atoms with Gasteiger partial charge in [-0.2, -0.15) is 0 Å². The molecule has 24 heavy (non-hydrogen) atoms. The Labute approximate surface area is 150 Å². The molecular formula is C17H22N4OS2. The summed E-state index contributed by atoms with van der Waals surface area (Å²) in [6.07, 6.45) is 4.65. The van der Waals surface area contributed by atoms with E-state index in [0.29, 0.717) is 6.04 Å². The fourth-order valence-electron chi connectivity index (χ4n) is 2.75. The van der Waals surface area contributed by atoms with Crippen molar-refractivity contribution in [2.24, 2.45) is 0 Å². The van der Waals surface area contributed by atoms with Gasteiger partial charge in [0.1, 0.15) is 0 Å². The van der Waals surface area contributed by atoms with E-state index in [9.17, 15) is 4.79 Å². The first-order valence-corrected chi connectivity index (χ1v) is 9.94. The molecule has 2 N–H and O–H groups in total. The standard InChI is InChI=1S/C17H22N4OS2/c1-11-6-5-9-14(10-11)19-16-20-21-17(24-16)23-12(2)15(22)18-13-7-3-4-8-13/h5-6,9-10,12-13H,3-4,7-8H2,1-2H3,(H,18,22)(H,19,20)/t12-/m1/s1. The first kappa shape index (κ1) is 17.2. The summed E-state index contributed by atoms with van der Waals surface area (Å²) < 4.78 is 0.805. The fraction of sp³-hybridized carbons (Fsp3) is 0.471. The number of nitrogens with zero attached hydrogens (tertiary/aromatic N) is 2. The van der Waals surface area contributed by atoms with E-state index < -0.39 is 0 Å². The number of benzene rings is 1. The molecule has 1 fully saturated rings. The zero-order valence-corrected chi connectivity index (χ0v) is 15.5. The minimum Gasteiger partial charge on any atom is -0.352 e. The third kappa shape index (κ3) is 4.70. The lowest BCUT2D eigenvalue weighted by molar-refractivity contribution is -0.120. The number of rotatable bonds is 6. The topological polar surface area (TPSA) is 66.9 Å². The van der Waals surface area contributed by atoms with E-state index in [-0.39, 0.29) is 11.2 Å². The van der Waals surface area contributed by atoms with E-state index in [1.807, 2.05) is 19.1 Å². The van der Waals surface area contributed by atoms with Crippen LogP contribution >= 0.6 is 23.1 Å². The van der Waals surface area contributed by atoms with Crippen molar-refractivity contribution in [1.29, 1.82) is 0 Å². The molecule has 1 heterocycles. The van der Waals surface area contributed by atoms with E-state index in [2.05, 4.69) is 39.9 Å². The second-order valence-corrected chi connectivity index (χ2v) is 8.68. The predicted molar refractivity (Wildman–Crippen MR) is 100 cm³/mol. The second kappa shape index (κ2) is 7.98. The van der Waals surface area contributed by atoms with Crippen LogP contribution in [0, 0.1) is 6.92 Å². The van der Waals surface area contributed by atoms with Gasteiger partial charge in [0.15, 0.2) is 4.34 Å². The Morgan fingerprint density at radius 3 is 2.88 bits per heavy atom. The normalized spacial score (nSPS) is 16.1. The van der Waals surface area contributed by atoms with Gasteiger partial charge in [-0.3, -0.25) is 4.79 Å². The third-order valence-electron chi connectivity index (χ3n) is 4.02. The van der Waals surface area contributed by atoms with Gasteiger partial charge >= 0.3 is 0 Å². The Bertz CT molecular complexity index is 697. The molecule has 2 aromatic rings. The third-order valence-corrected chi connectivity index (χ3v) is 6.05. The van der Waals surface area contributed by atoms with Crippen molar-refractivity contribution >= 4 is 39.8 Å². The number of anilines is 2. The molecule has 1 aliphatic rings. The van der Waals surface area contributed by atoms with Crippen molar-refractivity contribution in [3.8, 4) is 0 Å². The molecule has 1 aliphatic carbocycles. The van der Waals surface area contributed by atoms with Crippen LogP contribution in [0.4, 0.5) is 10.8 Å². The molecule has 0 bridgehead atoms. The van der Waals surface area contributed by atoms with E-state index in [1.165, 1.54) is 41.5 Å². The largest absolute Gasteiger partial charge is 0.352 e. The molecule has 1 aromatic heterocycles. The molecule has 0 aliphatic heterocycles. The average Bonchev–Trinajstić information content (AvgIpc) is 3.19. The smallest absolute Gasteiger partial charge is 0.233 e. The Kier molecular flexibility index (Phi) is 5.73. The number of nitrogens with one attached hydrogen (secondary N) is 2. The average molecular weight is 363 g/mol. The molecule has 0 spiro atoms. The van der Waals surface area contributed by atoms with Gasteiger partial charge in [-0.15, -0.1) is 10.2 Å². The summed E-state index contributed by atoms with van der Waals surface area (Å²) in [5.74, 6) is 0.0929. The lowest BCUT2D eigenvalue weighted by atomic mass is 10.2. The number of amides is 1. The molecular weight excluding hydrogens is 340 g/mol. The SMILES string of the molecule is Cc1cccc(Nc2nnc(S[C@H](C)C(=O)NC3CCCC3)s2)c1. The van der Waals surface area contributed by atoms with Gasteiger partial charge in [-0.25, -0.2) is 0 Å². The first-order valence-electron chi connectivity index (χ1n) is 8.24. The van der Waals surface area contributed by atoms with E-state index >= 15 is 0 Å². The van der Waals surface area contributed by atoms with Crippen LogP contribution in [0.15, 0.2) is 28.6 Å². The quantitative estimate of drug-likeness (QED) is 0.756. The van der Waals surface area contributed by atoms with Crippen molar-refractivity contribution in [3.63, 3.8) is 0 Å². The van der Waals surface area contributed by atoms with Crippen LogP contribution in [0.3, 0.4) is 0 Å². The fourth-order valence-corrected chi connectivity index (χ4v) is 4.67. The van der Waals surface area contributed by atoms with Crippen LogP contribution in [0.5, 0.6) is 0 Å². The summed E-state index contributed by atoms with van der Waals surface area (Å²) in [6.45, 7) is 3.97. The number of carbonyl (C=O) groups excluding carboxylic acids is 1. The minimum atomic E-state index is -0.162. The van der Waals surface area contributed by atoms with Crippen LogP contribution in [-0.2, 0) is 4.79 Å². The highest BCUT2D eigenvalue weighted by Crippen LogP contribution is 2.31. The van der Waals surface area contributed by atoms with Gasteiger partial charge < -0.3 is 10.6 Å². The highest BCUT2D eigenvalue weighted by atomic mass is 32.2. The maximum absolute atomic E-state index is 12.2. The molecule has 5 nitrogen and oxygen atoms in total. The molecule has 1 amide bonds. The van der Waals surface area contributed by atoms with Crippen molar-refractivity contribution in [1.82, 2.24) is 15.5 Å². The number of carbonyl (C=O) groups is 1. The van der Waals surface area contributed by atoms with Crippen molar-refractivity contribution in [2.75, 3.05) is 5.32 Å². The van der Waals surface area contributed by atoms with E-state index in [0.717, 1.165) is 28.0 Å². The first-order chi connectivity index (χ1) is 11.6. The summed E-state index contributed by atoms with van der Waals surface area (Å²) in [5, 5.41) is 15.3. The van der Waals surface area contributed by atoms with Crippen LogP contribution in [0.1, 0.15) is 38.2 Å². The highest BCUT2D eigenvalue weighted by molar-refractivity contribution is 8.02. The van der Waals surface area contributed by atoms with Gasteiger partial charge in [0.05, 0.1) is 5.25 Å². The molecule has 128 valence electrons. The summed E-state index contributed by atoms with van der Waals surface area (Å²) in [5.41, 5.74) is 2.19. The molecule has 0 radical (unpaired) electrons. The predicted octanol–water partition coefficient (Wildman–Crippen LogP) is 4.13. The van der Waals surface area contributed by atoms with Crippen LogP contribution in [0.2, 0.25) is 0 Å². The summed E-state index contributed by atoms with van der Waals surface area (Å²) in [7, 11) is 0. The molecule has 1 saturated carbocycles. The molecule has 0 saturated heterocycles. The van der Waals surface area contributed by atoms with Crippen molar-refractivity contribution < 1.29 is 4.79 Å². The number of hydrogen-bond donors (Lipinski definition) is 2. The Balaban J connectivity index is 1.54. The van der Waals surface area contributed by atoms with Crippen LogP contribution in [0.25, 0.3) is 0 Å². The molecule has 7 heteroatoms. The van der Waals surface area contributed by atoms with Gasteiger partial charge in [-0.1, -0.05) is 48.1 Å². The number of thioether (sulfide) groups is 1. The van der Waals surface area contributed by atoms with E-state index in [4.69, 9.17) is 0 Å². The van der Waals surface area contributed by atoms with Crippen LogP contribution in [-0.4, -0.2) is 27.4 Å². The summed E-state index contributed by atoms with van der Waals surface area (Å²) in [6, 6.07) is 8.47. The number of aromatic nitrogens is 2. The maximum atomic E-state index is 12.2. The van der Waals surface area contributed by atoms with Gasteiger partial charge in [0.25, 0.3) is 0 Å². The van der Waals surface area contributed by atoms with Crippen molar-refractivity contribution in [3.05, 3.63) is 29.8 Å². The maximum Gasteiger partial charge on any atom is 0.233 e. The molecule has 1 aromatic carbocycles. The molecule has 1 atom stereocenters. The Hall–Kier alpha value is -1.60. The zero-order chi connectivity index (χ0) is 16.9. The summed E-state index contributed by atoms with van der Waals surface area (Å²) in [4.78, 5) is 12.2. The summed E-state index contributed by atoms with van der Waals surface area (Å²) >= 11 is 2.93. The van der Waals surface area contributed by atoms with Gasteiger partial charge in [-0.05, 0) is 44.4 Å². The lowest BCUT2D eigenvalue weighted by Crippen LogP contribution is -2.37. The molecule has 0 unspecified atom stereocenters. The minimum absolute atomic E-state index is 0.0929. The number of hydrogen-bond acceptors (Lipinski definition) is 6. The number of aryl methyl sites for hydroxylation is 1. The van der Waals surface area contributed by atoms with Gasteiger partial charge in [0, 0.05) is 11.7 Å². The highest BCUT2D eigenvalue weighted by Gasteiger charge is 2.22. The Morgan fingerprint density at radius 1 is 1.33 bits per heavy atom. The monoisotopic (exact) mass is 362 g/mol. The van der Waals surface area contributed by atoms with Crippen LogP contribution < -0.4 is 10.6 Å². The van der Waals surface area contributed by atoms with Crippen molar-refractivity contribution in [2.45, 2.75) is 55.2 Å². The lowest BCUT2D eigenvalue weighted by Gasteiger charge is -2.15. The zero-order valence-electron chi connectivity index (χ0n) is 13.9. The van der Waals surface area contributed by atoms with Gasteiger partial charge in [0.2, 0.25) is 11.0 Å². The Morgan fingerprint density at radius 2 is 2.12 bits per heavy atom. The second-order valence-electron chi connectivity index (χ2n) is 6.12. The molecule has 3 rings (SSSR count). The van der Waals surface area contributed by atoms with E-state index in [1.54, 1.807) is 0 Å².